The van der Waals surface area contributed by atoms with Crippen LogP contribution in [0.15, 0.2) is 24.5 Å². The lowest BCUT2D eigenvalue weighted by molar-refractivity contribution is 0.0546. The van der Waals surface area contributed by atoms with Crippen LogP contribution in [0.2, 0.25) is 0 Å². The highest BCUT2D eigenvalue weighted by Gasteiger charge is 2.43. The third-order valence-electron chi connectivity index (χ3n) is 7.13. The molecule has 3 N–H and O–H groups in total. The lowest BCUT2D eigenvalue weighted by atomic mass is 10.0. The maximum Gasteiger partial charge on any atom is 0.407 e. The number of likely N-dealkylation sites (tertiary alicyclic amines) is 1. The minimum atomic E-state index is -1.32. The van der Waals surface area contributed by atoms with Gasteiger partial charge in [0.25, 0.3) is 0 Å². The van der Waals surface area contributed by atoms with Crippen LogP contribution in [0.25, 0.3) is 5.65 Å². The number of nitrogens with zero attached hydrogens (tertiary/aromatic N) is 5. The van der Waals surface area contributed by atoms with Crippen LogP contribution in [0.1, 0.15) is 49.9 Å². The van der Waals surface area contributed by atoms with Gasteiger partial charge in [-0.25, -0.2) is 23.5 Å². The first kappa shape index (κ1) is 22.2. The Balaban J connectivity index is 1.11. The molecule has 6 rings (SSSR count). The van der Waals surface area contributed by atoms with Gasteiger partial charge in [-0.15, -0.1) is 0 Å². The lowest BCUT2D eigenvalue weighted by Crippen LogP contribution is -2.47. The number of amides is 1. The van der Waals surface area contributed by atoms with Crippen LogP contribution in [-0.4, -0.2) is 72.6 Å². The predicted molar refractivity (Wildman–Crippen MR) is 123 cm³/mol. The molecule has 0 spiro atoms. The van der Waals surface area contributed by atoms with E-state index in [2.05, 4.69) is 30.8 Å². The van der Waals surface area contributed by atoms with Gasteiger partial charge >= 0.3 is 6.09 Å². The molecule has 4 heterocycles. The number of fused-ring (bicyclic) bond motifs is 1. The summed E-state index contributed by atoms with van der Waals surface area (Å²) in [6.45, 7) is 3.39. The maximum atomic E-state index is 15.1. The summed E-state index contributed by atoms with van der Waals surface area (Å²) in [7, 11) is 0. The van der Waals surface area contributed by atoms with Gasteiger partial charge in [0.05, 0.1) is 5.69 Å². The number of imidazole rings is 1. The van der Waals surface area contributed by atoms with E-state index in [9.17, 15) is 9.18 Å². The predicted octanol–water partition coefficient (Wildman–Crippen LogP) is 3.21. The molecular weight excluding hydrogens is 458 g/mol. The highest BCUT2D eigenvalue weighted by atomic mass is 19.1. The molecule has 1 aliphatic heterocycles. The van der Waals surface area contributed by atoms with E-state index in [-0.39, 0.29) is 5.54 Å². The topological polar surface area (TPSA) is 112 Å². The largest absolute Gasteiger partial charge is 0.443 e. The summed E-state index contributed by atoms with van der Waals surface area (Å²) in [5, 5.41) is 13.2. The number of aromatic amines is 1. The summed E-state index contributed by atoms with van der Waals surface area (Å²) in [5.74, 6) is 0.571. The third kappa shape index (κ3) is 4.54. The summed E-state index contributed by atoms with van der Waals surface area (Å²) < 4.78 is 35.4. The normalized spacial score (nSPS) is 26.0. The Morgan fingerprint density at radius 2 is 2.14 bits per heavy atom. The van der Waals surface area contributed by atoms with E-state index in [0.717, 1.165) is 18.5 Å². The molecule has 12 heteroatoms. The second kappa shape index (κ2) is 8.43. The average Bonchev–Trinajstić information content (AvgIpc) is 3.13. The Kier molecular flexibility index (Phi) is 5.35. The number of carbonyl (C=O) groups is 1. The molecule has 3 aliphatic rings. The molecule has 2 aliphatic carbocycles. The number of hydrogen-bond acceptors (Lipinski definition) is 7. The maximum absolute atomic E-state index is 15.1. The number of H-pyrrole nitrogens is 1. The number of anilines is 2. The van der Waals surface area contributed by atoms with Crippen molar-refractivity contribution in [1.29, 1.82) is 0 Å². The molecule has 0 bridgehead atoms. The van der Waals surface area contributed by atoms with E-state index in [0.29, 0.717) is 55.6 Å². The number of rotatable bonds is 7. The summed E-state index contributed by atoms with van der Waals surface area (Å²) in [6.07, 6.45) is 2.95. The number of ether oxygens (including phenoxy) is 1. The first-order valence-corrected chi connectivity index (χ1v) is 12.0. The van der Waals surface area contributed by atoms with Gasteiger partial charge in [0.15, 0.2) is 5.82 Å². The van der Waals surface area contributed by atoms with E-state index in [4.69, 9.17) is 4.74 Å². The molecule has 0 radical (unpaired) electrons. The van der Waals surface area contributed by atoms with Gasteiger partial charge in [-0.3, -0.25) is 14.4 Å². The molecular formula is C23H28F2N8O2. The number of nitrogens with one attached hydrogen (secondary N) is 3. The van der Waals surface area contributed by atoms with Crippen LogP contribution in [0.4, 0.5) is 25.3 Å². The summed E-state index contributed by atoms with van der Waals surface area (Å²) in [5.41, 5.74) is 1.97. The summed E-state index contributed by atoms with van der Waals surface area (Å²) in [4.78, 5) is 23.1. The van der Waals surface area contributed by atoms with E-state index in [1.807, 2.05) is 22.4 Å². The summed E-state index contributed by atoms with van der Waals surface area (Å²) >= 11 is 0. The molecule has 2 saturated carbocycles. The highest BCUT2D eigenvalue weighted by molar-refractivity contribution is 5.69. The van der Waals surface area contributed by atoms with Crippen LogP contribution >= 0.6 is 0 Å². The molecule has 0 aromatic carbocycles. The fourth-order valence-electron chi connectivity index (χ4n) is 4.81. The van der Waals surface area contributed by atoms with Gasteiger partial charge in [-0.05, 0) is 38.7 Å². The van der Waals surface area contributed by atoms with Crippen LogP contribution in [0.5, 0.6) is 0 Å². The molecule has 3 aromatic heterocycles. The van der Waals surface area contributed by atoms with Crippen LogP contribution < -0.4 is 10.6 Å². The quantitative estimate of drug-likeness (QED) is 0.470. The van der Waals surface area contributed by atoms with E-state index < -0.39 is 30.5 Å². The molecule has 1 amide bonds. The smallest absolute Gasteiger partial charge is 0.407 e. The second-order valence-electron chi connectivity index (χ2n) is 10.1. The van der Waals surface area contributed by atoms with Crippen molar-refractivity contribution < 1.29 is 18.3 Å². The molecule has 3 aromatic rings. The Hall–Kier alpha value is -3.28. The Labute approximate surface area is 200 Å². The Morgan fingerprint density at radius 3 is 2.91 bits per heavy atom. The third-order valence-corrected chi connectivity index (χ3v) is 7.13. The number of carbonyl (C=O) groups excluding carboxylic acids is 1. The summed E-state index contributed by atoms with van der Waals surface area (Å²) in [6, 6.07) is 3.55. The molecule has 0 unspecified atom stereocenters. The fourth-order valence-corrected chi connectivity index (χ4v) is 4.81. The lowest BCUT2D eigenvalue weighted by Gasteiger charge is -2.33. The second-order valence-corrected chi connectivity index (χ2v) is 10.1. The van der Waals surface area contributed by atoms with Crippen molar-refractivity contribution in [2.24, 2.45) is 0 Å². The highest BCUT2D eigenvalue weighted by Crippen LogP contribution is 2.39. The first-order valence-electron chi connectivity index (χ1n) is 12.0. The number of alkyl carbamates (subject to hydrolysis) is 1. The molecule has 3 fully saturated rings. The minimum absolute atomic E-state index is 0.204. The van der Waals surface area contributed by atoms with Crippen molar-refractivity contribution in [3.8, 4) is 0 Å². The van der Waals surface area contributed by atoms with E-state index in [1.54, 1.807) is 18.3 Å². The van der Waals surface area contributed by atoms with Crippen molar-refractivity contribution >= 4 is 23.5 Å². The minimum Gasteiger partial charge on any atom is -0.443 e. The molecule has 186 valence electrons. The zero-order valence-electron chi connectivity index (χ0n) is 19.4. The van der Waals surface area contributed by atoms with Crippen molar-refractivity contribution in [2.75, 3.05) is 18.4 Å². The van der Waals surface area contributed by atoms with Crippen LogP contribution in [-0.2, 0) is 11.3 Å². The molecule has 3 atom stereocenters. The van der Waals surface area contributed by atoms with Crippen molar-refractivity contribution in [3.63, 3.8) is 0 Å². The zero-order valence-corrected chi connectivity index (χ0v) is 19.4. The SMILES string of the molecule is CC1(NC(=O)O[C@@H]2CC[C@H](c3cc(Nc4nccc5nc(CN6CC(F)C6)cn45)n[nH]3)[C@H]2F)CC1. The van der Waals surface area contributed by atoms with Gasteiger partial charge in [0, 0.05) is 55.2 Å². The Morgan fingerprint density at radius 1 is 1.31 bits per heavy atom. The standard InChI is InChI=1S/C23H28F2N8O2/c1-23(5-6-23)29-22(34)35-17-3-2-15(20(17)25)16-8-18(31-30-16)28-21-26-7-4-19-27-14(12-33(19)21)11-32-9-13(24)10-32/h4,7-8,12-13,15,17,20H,2-3,5-6,9-11H2,1H3,(H,29,34)(H2,26,28,30,31)/t15-,17-,20-/m1/s1. The first-order chi connectivity index (χ1) is 16.8. The van der Waals surface area contributed by atoms with Crippen molar-refractivity contribution in [3.05, 3.63) is 35.9 Å². The van der Waals surface area contributed by atoms with Gasteiger partial charge in [-0.1, -0.05) is 0 Å². The average molecular weight is 487 g/mol. The van der Waals surface area contributed by atoms with E-state index >= 15 is 4.39 Å². The molecule has 10 nitrogen and oxygen atoms in total. The molecule has 1 saturated heterocycles. The van der Waals surface area contributed by atoms with Gasteiger partial charge < -0.3 is 15.4 Å². The van der Waals surface area contributed by atoms with E-state index in [1.165, 1.54) is 0 Å². The van der Waals surface area contributed by atoms with Crippen LogP contribution in [0, 0.1) is 0 Å². The number of hydrogen-bond donors (Lipinski definition) is 3. The van der Waals surface area contributed by atoms with Gasteiger partial charge in [-0.2, -0.15) is 5.10 Å². The van der Waals surface area contributed by atoms with Gasteiger partial charge in [0.1, 0.15) is 24.1 Å². The van der Waals surface area contributed by atoms with Gasteiger partial charge in [0.2, 0.25) is 5.95 Å². The number of aromatic nitrogens is 5. The van der Waals surface area contributed by atoms with Crippen LogP contribution in [0.3, 0.4) is 0 Å². The van der Waals surface area contributed by atoms with Crippen molar-refractivity contribution in [2.45, 2.75) is 69.1 Å². The fraction of sp³-hybridized carbons (Fsp3) is 0.565. The van der Waals surface area contributed by atoms with Crippen molar-refractivity contribution in [1.82, 2.24) is 34.8 Å². The number of alkyl halides is 2. The Bertz CT molecular complexity index is 1240. The number of halogens is 2. The zero-order chi connectivity index (χ0) is 24.2. The monoisotopic (exact) mass is 486 g/mol. The molecule has 35 heavy (non-hydrogen) atoms.